The number of aryl methyl sites for hydroxylation is 1. The van der Waals surface area contributed by atoms with Crippen LogP contribution in [0.1, 0.15) is 44.4 Å². The Morgan fingerprint density at radius 1 is 1.22 bits per heavy atom. The molecule has 0 aliphatic heterocycles. The van der Waals surface area contributed by atoms with Gasteiger partial charge < -0.3 is 10.5 Å². The molecule has 3 nitrogen and oxygen atoms in total. The number of nitrogens with zero attached hydrogens (tertiary/aromatic N) is 1. The van der Waals surface area contributed by atoms with Crippen molar-refractivity contribution < 1.29 is 4.74 Å². The second kappa shape index (κ2) is 5.70. The molecule has 100 valence electrons. The van der Waals surface area contributed by atoms with Gasteiger partial charge in [-0.05, 0) is 44.1 Å². The van der Waals surface area contributed by atoms with Crippen molar-refractivity contribution >= 4 is 0 Å². The third-order valence-electron chi connectivity index (χ3n) is 3.71. The van der Waals surface area contributed by atoms with Crippen LogP contribution in [0.15, 0.2) is 12.1 Å². The van der Waals surface area contributed by atoms with Gasteiger partial charge in [-0.15, -0.1) is 0 Å². The minimum absolute atomic E-state index is 0.295. The van der Waals surface area contributed by atoms with Gasteiger partial charge >= 0.3 is 0 Å². The Labute approximate surface area is 110 Å². The SMILES string of the molecule is Cc1ccc(CN)c(OC2CC(C)CC(C)C2)n1. The summed E-state index contributed by atoms with van der Waals surface area (Å²) in [4.78, 5) is 4.49. The van der Waals surface area contributed by atoms with Crippen molar-refractivity contribution in [2.24, 2.45) is 17.6 Å². The lowest BCUT2D eigenvalue weighted by Gasteiger charge is -2.31. The van der Waals surface area contributed by atoms with Crippen molar-refractivity contribution in [3.8, 4) is 5.88 Å². The monoisotopic (exact) mass is 248 g/mol. The Bertz CT molecular complexity index is 395. The summed E-state index contributed by atoms with van der Waals surface area (Å²) < 4.78 is 6.11. The van der Waals surface area contributed by atoms with E-state index >= 15 is 0 Å². The maximum absolute atomic E-state index is 6.11. The Kier molecular flexibility index (Phi) is 4.23. The number of aromatic nitrogens is 1. The molecule has 3 heteroatoms. The van der Waals surface area contributed by atoms with Crippen molar-refractivity contribution in [3.63, 3.8) is 0 Å². The van der Waals surface area contributed by atoms with Crippen LogP contribution >= 0.6 is 0 Å². The third kappa shape index (κ3) is 3.22. The first kappa shape index (κ1) is 13.3. The molecule has 0 aromatic carbocycles. The van der Waals surface area contributed by atoms with Gasteiger partial charge in [0.1, 0.15) is 6.10 Å². The second-order valence-electron chi connectivity index (χ2n) is 5.78. The van der Waals surface area contributed by atoms with Crippen molar-refractivity contribution in [3.05, 3.63) is 23.4 Å². The Morgan fingerprint density at radius 3 is 2.50 bits per heavy atom. The fraction of sp³-hybridized carbons (Fsp3) is 0.667. The Balaban J connectivity index is 2.10. The molecule has 2 atom stereocenters. The maximum Gasteiger partial charge on any atom is 0.218 e. The zero-order chi connectivity index (χ0) is 13.1. The Morgan fingerprint density at radius 2 is 1.89 bits per heavy atom. The normalized spacial score (nSPS) is 28.1. The number of nitrogens with two attached hydrogens (primary N) is 1. The first-order chi connectivity index (χ1) is 8.58. The van der Waals surface area contributed by atoms with Gasteiger partial charge in [-0.3, -0.25) is 0 Å². The summed E-state index contributed by atoms with van der Waals surface area (Å²) in [5.74, 6) is 2.22. The molecule has 2 N–H and O–H groups in total. The van der Waals surface area contributed by atoms with E-state index in [1.807, 2.05) is 19.1 Å². The highest BCUT2D eigenvalue weighted by Gasteiger charge is 2.26. The number of hydrogen-bond donors (Lipinski definition) is 1. The summed E-state index contributed by atoms with van der Waals surface area (Å²) in [6, 6.07) is 4.01. The molecular formula is C15H24N2O. The van der Waals surface area contributed by atoms with Crippen LogP contribution in [0.25, 0.3) is 0 Å². The number of hydrogen-bond acceptors (Lipinski definition) is 3. The molecule has 1 aromatic rings. The summed E-state index contributed by atoms with van der Waals surface area (Å²) in [7, 11) is 0. The van der Waals surface area contributed by atoms with E-state index < -0.39 is 0 Å². The highest BCUT2D eigenvalue weighted by Crippen LogP contribution is 2.31. The van der Waals surface area contributed by atoms with Crippen LogP contribution in [0.3, 0.4) is 0 Å². The molecule has 0 bridgehead atoms. The topological polar surface area (TPSA) is 48.1 Å². The largest absolute Gasteiger partial charge is 0.474 e. The van der Waals surface area contributed by atoms with Crippen molar-refractivity contribution in [2.75, 3.05) is 0 Å². The number of pyridine rings is 1. The summed E-state index contributed by atoms with van der Waals surface area (Å²) in [5, 5.41) is 0. The van der Waals surface area contributed by atoms with Gasteiger partial charge in [0.2, 0.25) is 5.88 Å². The highest BCUT2D eigenvalue weighted by atomic mass is 16.5. The van der Waals surface area contributed by atoms with Gasteiger partial charge in [-0.2, -0.15) is 0 Å². The van der Waals surface area contributed by atoms with Crippen molar-refractivity contribution in [2.45, 2.75) is 52.7 Å². The predicted molar refractivity (Wildman–Crippen MR) is 73.5 cm³/mol. The Hall–Kier alpha value is -1.09. The minimum atomic E-state index is 0.295. The standard InChI is InChI=1S/C15H24N2O/c1-10-6-11(2)8-14(7-10)18-15-13(9-16)5-4-12(3)17-15/h4-5,10-11,14H,6-9,16H2,1-3H3. The molecule has 1 saturated carbocycles. The molecular weight excluding hydrogens is 224 g/mol. The van der Waals surface area contributed by atoms with Gasteiger partial charge in [0.15, 0.2) is 0 Å². The molecule has 18 heavy (non-hydrogen) atoms. The van der Waals surface area contributed by atoms with E-state index in [0.717, 1.165) is 41.8 Å². The molecule has 1 heterocycles. The molecule has 0 amide bonds. The zero-order valence-electron chi connectivity index (χ0n) is 11.6. The van der Waals surface area contributed by atoms with E-state index in [4.69, 9.17) is 10.5 Å². The van der Waals surface area contributed by atoms with Crippen LogP contribution < -0.4 is 10.5 Å². The second-order valence-corrected chi connectivity index (χ2v) is 5.78. The van der Waals surface area contributed by atoms with Gasteiger partial charge in [0.05, 0.1) is 0 Å². The van der Waals surface area contributed by atoms with E-state index in [2.05, 4.69) is 18.8 Å². The molecule has 1 fully saturated rings. The highest BCUT2D eigenvalue weighted by molar-refractivity contribution is 5.28. The lowest BCUT2D eigenvalue weighted by molar-refractivity contribution is 0.0955. The summed E-state index contributed by atoms with van der Waals surface area (Å²) in [5.41, 5.74) is 7.73. The van der Waals surface area contributed by atoms with E-state index in [1.165, 1.54) is 6.42 Å². The minimum Gasteiger partial charge on any atom is -0.474 e. The van der Waals surface area contributed by atoms with E-state index in [0.29, 0.717) is 12.6 Å². The van der Waals surface area contributed by atoms with Crippen molar-refractivity contribution in [1.29, 1.82) is 0 Å². The number of rotatable bonds is 3. The quantitative estimate of drug-likeness (QED) is 0.894. The number of ether oxygens (including phenoxy) is 1. The summed E-state index contributed by atoms with van der Waals surface area (Å²) in [6.07, 6.45) is 3.86. The van der Waals surface area contributed by atoms with Gasteiger partial charge in [0.25, 0.3) is 0 Å². The predicted octanol–water partition coefficient (Wildman–Crippen LogP) is 3.05. The van der Waals surface area contributed by atoms with Crippen LogP contribution in [-0.4, -0.2) is 11.1 Å². The van der Waals surface area contributed by atoms with Crippen LogP contribution in [-0.2, 0) is 6.54 Å². The fourth-order valence-corrected chi connectivity index (χ4v) is 2.95. The molecule has 1 aromatic heterocycles. The maximum atomic E-state index is 6.11. The van der Waals surface area contributed by atoms with E-state index in [1.54, 1.807) is 0 Å². The van der Waals surface area contributed by atoms with Gasteiger partial charge in [-0.1, -0.05) is 19.9 Å². The van der Waals surface area contributed by atoms with Crippen LogP contribution in [0.4, 0.5) is 0 Å². The lowest BCUT2D eigenvalue weighted by atomic mass is 9.82. The molecule has 0 spiro atoms. The smallest absolute Gasteiger partial charge is 0.218 e. The average molecular weight is 248 g/mol. The fourth-order valence-electron chi connectivity index (χ4n) is 2.95. The lowest BCUT2D eigenvalue weighted by Crippen LogP contribution is -2.29. The van der Waals surface area contributed by atoms with E-state index in [-0.39, 0.29) is 0 Å². The summed E-state index contributed by atoms with van der Waals surface area (Å²) in [6.45, 7) is 7.08. The first-order valence-corrected chi connectivity index (χ1v) is 6.91. The van der Waals surface area contributed by atoms with E-state index in [9.17, 15) is 0 Å². The molecule has 2 rings (SSSR count). The van der Waals surface area contributed by atoms with Gasteiger partial charge in [0, 0.05) is 17.8 Å². The van der Waals surface area contributed by atoms with Crippen LogP contribution in [0, 0.1) is 18.8 Å². The molecule has 2 unspecified atom stereocenters. The van der Waals surface area contributed by atoms with Crippen LogP contribution in [0.5, 0.6) is 5.88 Å². The van der Waals surface area contributed by atoms with Crippen molar-refractivity contribution in [1.82, 2.24) is 4.98 Å². The average Bonchev–Trinajstić information content (AvgIpc) is 2.27. The molecule has 1 aliphatic carbocycles. The zero-order valence-corrected chi connectivity index (χ0v) is 11.6. The van der Waals surface area contributed by atoms with Crippen LogP contribution in [0.2, 0.25) is 0 Å². The molecule has 0 radical (unpaired) electrons. The van der Waals surface area contributed by atoms with Gasteiger partial charge in [-0.25, -0.2) is 4.98 Å². The molecule has 1 aliphatic rings. The first-order valence-electron chi connectivity index (χ1n) is 6.91. The molecule has 0 saturated heterocycles. The third-order valence-corrected chi connectivity index (χ3v) is 3.71. The summed E-state index contributed by atoms with van der Waals surface area (Å²) >= 11 is 0.